The van der Waals surface area contributed by atoms with Gasteiger partial charge in [0.15, 0.2) is 0 Å². The molecule has 1 aliphatic heterocycles. The third kappa shape index (κ3) is 4.69. The number of likely N-dealkylation sites (tertiary alicyclic amines) is 1. The molecule has 0 spiro atoms. The van der Waals surface area contributed by atoms with Gasteiger partial charge < -0.3 is 10.2 Å². The Morgan fingerprint density at radius 1 is 1.38 bits per heavy atom. The van der Waals surface area contributed by atoms with Crippen molar-refractivity contribution in [2.45, 2.75) is 46.0 Å². The van der Waals surface area contributed by atoms with E-state index in [1.807, 2.05) is 4.90 Å². The van der Waals surface area contributed by atoms with Gasteiger partial charge in [-0.3, -0.25) is 4.79 Å². The minimum absolute atomic E-state index is 0.0547. The van der Waals surface area contributed by atoms with Crippen LogP contribution in [0.5, 0.6) is 0 Å². The maximum absolute atomic E-state index is 12.4. The van der Waals surface area contributed by atoms with Gasteiger partial charge in [-0.05, 0) is 25.2 Å². The molecular weight excluding hydrogens is 264 g/mol. The Morgan fingerprint density at radius 3 is 2.81 bits per heavy atom. The summed E-state index contributed by atoms with van der Waals surface area (Å²) in [5.41, 5.74) is 0.586. The molecule has 1 saturated heterocycles. The fourth-order valence-corrected chi connectivity index (χ4v) is 2.66. The van der Waals surface area contributed by atoms with Gasteiger partial charge in [0.1, 0.15) is 0 Å². The molecule has 1 aromatic rings. The lowest BCUT2D eigenvalue weighted by atomic mass is 10.00. The molecule has 21 heavy (non-hydrogen) atoms. The number of rotatable bonds is 6. The molecule has 1 amide bonds. The van der Waals surface area contributed by atoms with Crippen molar-refractivity contribution < 1.29 is 4.79 Å². The zero-order valence-corrected chi connectivity index (χ0v) is 13.1. The summed E-state index contributed by atoms with van der Waals surface area (Å²) < 4.78 is 0. The van der Waals surface area contributed by atoms with E-state index in [1.165, 1.54) is 19.3 Å². The topological polar surface area (TPSA) is 58.1 Å². The smallest absolute Gasteiger partial charge is 0.257 e. The van der Waals surface area contributed by atoms with Crippen LogP contribution in [-0.4, -0.2) is 40.4 Å². The van der Waals surface area contributed by atoms with Crippen LogP contribution < -0.4 is 5.32 Å². The maximum Gasteiger partial charge on any atom is 0.257 e. The van der Waals surface area contributed by atoms with Gasteiger partial charge in [-0.15, -0.1) is 0 Å². The number of hydrogen-bond acceptors (Lipinski definition) is 4. The van der Waals surface area contributed by atoms with Gasteiger partial charge in [-0.1, -0.05) is 26.7 Å². The van der Waals surface area contributed by atoms with E-state index in [-0.39, 0.29) is 5.91 Å². The van der Waals surface area contributed by atoms with Crippen molar-refractivity contribution in [3.05, 3.63) is 18.0 Å². The summed E-state index contributed by atoms with van der Waals surface area (Å²) in [6, 6.07) is 0. The fourth-order valence-electron chi connectivity index (χ4n) is 2.66. The number of piperidine rings is 1. The molecule has 1 fully saturated rings. The lowest BCUT2D eigenvalue weighted by Crippen LogP contribution is -2.39. The third-order valence-electron chi connectivity index (χ3n) is 3.91. The molecule has 1 N–H and O–H groups in total. The van der Waals surface area contributed by atoms with Gasteiger partial charge >= 0.3 is 0 Å². The first-order valence-electron chi connectivity index (χ1n) is 8.06. The molecule has 5 heteroatoms. The van der Waals surface area contributed by atoms with Gasteiger partial charge in [0, 0.05) is 32.0 Å². The van der Waals surface area contributed by atoms with Crippen molar-refractivity contribution in [1.82, 2.24) is 14.9 Å². The van der Waals surface area contributed by atoms with Crippen LogP contribution in [0.3, 0.4) is 0 Å². The lowest BCUT2D eigenvalue weighted by Gasteiger charge is -2.30. The highest BCUT2D eigenvalue weighted by molar-refractivity contribution is 5.93. The second-order valence-electron chi connectivity index (χ2n) is 5.93. The second kappa shape index (κ2) is 7.96. The Kier molecular flexibility index (Phi) is 5.96. The van der Waals surface area contributed by atoms with Crippen molar-refractivity contribution in [2.24, 2.45) is 5.92 Å². The molecule has 0 aliphatic carbocycles. The maximum atomic E-state index is 12.4. The van der Waals surface area contributed by atoms with E-state index in [4.69, 9.17) is 0 Å². The van der Waals surface area contributed by atoms with Crippen LogP contribution >= 0.6 is 0 Å². The van der Waals surface area contributed by atoms with Gasteiger partial charge in [-0.2, -0.15) is 0 Å². The number of anilines is 1. The largest absolute Gasteiger partial charge is 0.354 e. The van der Waals surface area contributed by atoms with Gasteiger partial charge in [0.05, 0.1) is 5.56 Å². The summed E-state index contributed by atoms with van der Waals surface area (Å²) in [4.78, 5) is 22.8. The van der Waals surface area contributed by atoms with Crippen molar-refractivity contribution in [2.75, 3.05) is 25.0 Å². The zero-order chi connectivity index (χ0) is 15.1. The minimum atomic E-state index is 0.0547. The first-order chi connectivity index (χ1) is 10.2. The van der Waals surface area contributed by atoms with E-state index >= 15 is 0 Å². The summed E-state index contributed by atoms with van der Waals surface area (Å²) in [5, 5.41) is 3.19. The summed E-state index contributed by atoms with van der Waals surface area (Å²) in [6.45, 7) is 6.94. The molecule has 1 aliphatic rings. The third-order valence-corrected chi connectivity index (χ3v) is 3.91. The number of nitrogens with zero attached hydrogens (tertiary/aromatic N) is 3. The molecule has 2 heterocycles. The Hall–Kier alpha value is -1.65. The molecule has 1 atom stereocenters. The molecule has 0 aromatic carbocycles. The second-order valence-corrected chi connectivity index (χ2v) is 5.93. The highest BCUT2D eigenvalue weighted by atomic mass is 16.2. The van der Waals surface area contributed by atoms with Crippen LogP contribution in [-0.2, 0) is 0 Å². The van der Waals surface area contributed by atoms with E-state index in [9.17, 15) is 4.79 Å². The molecule has 0 bridgehead atoms. The minimum Gasteiger partial charge on any atom is -0.354 e. The van der Waals surface area contributed by atoms with Crippen molar-refractivity contribution in [3.63, 3.8) is 0 Å². The quantitative estimate of drug-likeness (QED) is 0.818. The average molecular weight is 290 g/mol. The number of nitrogens with one attached hydrogen (secondary N) is 1. The van der Waals surface area contributed by atoms with Crippen molar-refractivity contribution in [1.29, 1.82) is 0 Å². The molecule has 1 aromatic heterocycles. The number of carbonyl (C=O) groups excluding carboxylic acids is 1. The fraction of sp³-hybridized carbons (Fsp3) is 0.688. The van der Waals surface area contributed by atoms with Crippen LogP contribution in [0.15, 0.2) is 12.4 Å². The van der Waals surface area contributed by atoms with Crippen LogP contribution in [0.4, 0.5) is 5.95 Å². The molecule has 0 saturated carbocycles. The Morgan fingerprint density at radius 2 is 2.14 bits per heavy atom. The first-order valence-corrected chi connectivity index (χ1v) is 8.06. The summed E-state index contributed by atoms with van der Waals surface area (Å²) in [5.74, 6) is 1.25. The van der Waals surface area contributed by atoms with E-state index in [0.29, 0.717) is 17.4 Å². The summed E-state index contributed by atoms with van der Waals surface area (Å²) in [6.07, 6.45) is 9.09. The van der Waals surface area contributed by atoms with Gasteiger partial charge in [0.2, 0.25) is 5.95 Å². The lowest BCUT2D eigenvalue weighted by molar-refractivity contribution is 0.0682. The SMILES string of the molecule is CCCCCNc1ncc(C(=O)N2CCCC(C)C2)cn1. The van der Waals surface area contributed by atoms with Gasteiger partial charge in [-0.25, -0.2) is 9.97 Å². The average Bonchev–Trinajstić information content (AvgIpc) is 2.51. The highest BCUT2D eigenvalue weighted by Crippen LogP contribution is 2.17. The predicted molar refractivity (Wildman–Crippen MR) is 84.3 cm³/mol. The molecule has 2 rings (SSSR count). The van der Waals surface area contributed by atoms with Crippen LogP contribution in [0.25, 0.3) is 0 Å². The number of amides is 1. The molecule has 5 nitrogen and oxygen atoms in total. The van der Waals surface area contributed by atoms with Crippen LogP contribution in [0.2, 0.25) is 0 Å². The normalized spacial score (nSPS) is 18.6. The van der Waals surface area contributed by atoms with E-state index in [0.717, 1.165) is 32.5 Å². The molecule has 1 unspecified atom stereocenters. The van der Waals surface area contributed by atoms with Crippen molar-refractivity contribution >= 4 is 11.9 Å². The zero-order valence-electron chi connectivity index (χ0n) is 13.1. The van der Waals surface area contributed by atoms with E-state index in [2.05, 4.69) is 29.1 Å². The predicted octanol–water partition coefficient (Wildman–Crippen LogP) is 2.95. The monoisotopic (exact) mass is 290 g/mol. The summed E-state index contributed by atoms with van der Waals surface area (Å²) in [7, 11) is 0. The number of unbranched alkanes of at least 4 members (excludes halogenated alkanes) is 2. The number of aromatic nitrogens is 2. The molecule has 116 valence electrons. The van der Waals surface area contributed by atoms with E-state index < -0.39 is 0 Å². The van der Waals surface area contributed by atoms with Crippen molar-refractivity contribution in [3.8, 4) is 0 Å². The number of carbonyl (C=O) groups is 1. The van der Waals surface area contributed by atoms with Crippen LogP contribution in [0, 0.1) is 5.92 Å². The number of hydrogen-bond donors (Lipinski definition) is 1. The van der Waals surface area contributed by atoms with E-state index in [1.54, 1.807) is 12.4 Å². The van der Waals surface area contributed by atoms with Gasteiger partial charge in [0.25, 0.3) is 5.91 Å². The highest BCUT2D eigenvalue weighted by Gasteiger charge is 2.22. The molecular formula is C16H26N4O. The summed E-state index contributed by atoms with van der Waals surface area (Å²) >= 11 is 0. The Balaban J connectivity index is 1.87. The standard InChI is InChI=1S/C16H26N4O/c1-3-4-5-8-17-16-18-10-14(11-19-16)15(21)20-9-6-7-13(2)12-20/h10-11,13H,3-9,12H2,1-2H3,(H,17,18,19). The van der Waals surface area contributed by atoms with Crippen LogP contribution in [0.1, 0.15) is 56.3 Å². The Bertz CT molecular complexity index is 446. The Labute approximate surface area is 127 Å². The first kappa shape index (κ1) is 15.7. The molecule has 0 radical (unpaired) electrons.